The zero-order valence-electron chi connectivity index (χ0n) is 11.2. The molecule has 5 N–H and O–H groups in total. The van der Waals surface area contributed by atoms with Crippen molar-refractivity contribution < 1.29 is 19.5 Å². The van der Waals surface area contributed by atoms with Crippen molar-refractivity contribution in [2.45, 2.75) is 31.8 Å². The SMILES string of the molecule is CC(C)(CC(N)=O)NC(=O)NC(C(=O)O)c1cccs1. The summed E-state index contributed by atoms with van der Waals surface area (Å²) in [6, 6.07) is 1.53. The maximum absolute atomic E-state index is 11.8. The lowest BCUT2D eigenvalue weighted by Crippen LogP contribution is -2.51. The number of hydrogen-bond acceptors (Lipinski definition) is 4. The van der Waals surface area contributed by atoms with E-state index in [9.17, 15) is 14.4 Å². The highest BCUT2D eigenvalue weighted by molar-refractivity contribution is 7.10. The molecular weight excluding hydrogens is 282 g/mol. The first kappa shape index (κ1) is 16.0. The van der Waals surface area contributed by atoms with Gasteiger partial charge in [0.15, 0.2) is 6.04 Å². The molecule has 0 fully saturated rings. The summed E-state index contributed by atoms with van der Waals surface area (Å²) in [5.41, 5.74) is 4.23. The van der Waals surface area contributed by atoms with Crippen molar-refractivity contribution in [3.63, 3.8) is 0 Å². The van der Waals surface area contributed by atoms with Crippen LogP contribution in [-0.4, -0.2) is 28.6 Å². The molecule has 0 aliphatic carbocycles. The van der Waals surface area contributed by atoms with Gasteiger partial charge in [-0.05, 0) is 25.3 Å². The highest BCUT2D eigenvalue weighted by atomic mass is 32.1. The van der Waals surface area contributed by atoms with Crippen LogP contribution in [0.4, 0.5) is 4.79 Å². The summed E-state index contributed by atoms with van der Waals surface area (Å²) in [6.07, 6.45) is -0.0445. The first-order valence-electron chi connectivity index (χ1n) is 5.84. The van der Waals surface area contributed by atoms with Gasteiger partial charge in [0.1, 0.15) is 0 Å². The van der Waals surface area contributed by atoms with Gasteiger partial charge in [-0.25, -0.2) is 9.59 Å². The molecule has 20 heavy (non-hydrogen) atoms. The van der Waals surface area contributed by atoms with Crippen LogP contribution in [0.2, 0.25) is 0 Å². The molecular formula is C12H17N3O4S. The lowest BCUT2D eigenvalue weighted by Gasteiger charge is -2.25. The summed E-state index contributed by atoms with van der Waals surface area (Å²) in [5.74, 6) is -1.71. The first-order valence-corrected chi connectivity index (χ1v) is 6.72. The van der Waals surface area contributed by atoms with E-state index in [1.165, 1.54) is 11.3 Å². The molecule has 1 unspecified atom stereocenters. The Morgan fingerprint density at radius 1 is 1.45 bits per heavy atom. The topological polar surface area (TPSA) is 122 Å². The molecule has 0 aromatic carbocycles. The minimum atomic E-state index is -1.16. The average Bonchev–Trinajstić information content (AvgIpc) is 2.75. The summed E-state index contributed by atoms with van der Waals surface area (Å²) in [4.78, 5) is 34.4. The molecule has 0 saturated heterocycles. The zero-order valence-corrected chi connectivity index (χ0v) is 12.0. The van der Waals surface area contributed by atoms with Gasteiger partial charge in [-0.2, -0.15) is 0 Å². The maximum atomic E-state index is 11.8. The number of carbonyl (C=O) groups is 3. The third-order valence-corrected chi connectivity index (χ3v) is 3.36. The monoisotopic (exact) mass is 299 g/mol. The number of hydrogen-bond donors (Lipinski definition) is 4. The molecule has 0 aliphatic rings. The Kier molecular flexibility index (Phi) is 5.09. The Bertz CT molecular complexity index is 499. The fourth-order valence-corrected chi connectivity index (χ4v) is 2.43. The van der Waals surface area contributed by atoms with E-state index in [4.69, 9.17) is 10.8 Å². The molecule has 0 spiro atoms. The minimum absolute atomic E-state index is 0.0445. The van der Waals surface area contributed by atoms with E-state index in [1.54, 1.807) is 31.4 Å². The van der Waals surface area contributed by atoms with Crippen LogP contribution in [0, 0.1) is 0 Å². The summed E-state index contributed by atoms with van der Waals surface area (Å²) >= 11 is 1.23. The fourth-order valence-electron chi connectivity index (χ4n) is 1.66. The van der Waals surface area contributed by atoms with Gasteiger partial charge in [-0.3, -0.25) is 4.79 Å². The van der Waals surface area contributed by atoms with Gasteiger partial charge in [0.05, 0.1) is 0 Å². The van der Waals surface area contributed by atoms with Crippen LogP contribution in [0.1, 0.15) is 31.2 Å². The lowest BCUT2D eigenvalue weighted by molar-refractivity contribution is -0.139. The lowest BCUT2D eigenvalue weighted by atomic mass is 10.0. The number of amides is 3. The Labute approximate surface area is 120 Å². The van der Waals surface area contributed by atoms with Crippen LogP contribution in [0.15, 0.2) is 17.5 Å². The van der Waals surface area contributed by atoms with E-state index in [2.05, 4.69) is 10.6 Å². The van der Waals surface area contributed by atoms with Crippen LogP contribution in [0.25, 0.3) is 0 Å². The number of rotatable bonds is 6. The normalized spacial score (nSPS) is 12.5. The van der Waals surface area contributed by atoms with Crippen molar-refractivity contribution in [3.05, 3.63) is 22.4 Å². The number of aliphatic carboxylic acids is 1. The largest absolute Gasteiger partial charge is 0.479 e. The number of carboxylic acid groups (broad SMARTS) is 1. The second-order valence-electron chi connectivity index (χ2n) is 4.91. The molecule has 7 nitrogen and oxygen atoms in total. The number of primary amides is 1. The predicted molar refractivity (Wildman–Crippen MR) is 74.3 cm³/mol. The van der Waals surface area contributed by atoms with Crippen molar-refractivity contribution in [2.24, 2.45) is 5.73 Å². The summed E-state index contributed by atoms with van der Waals surface area (Å²) in [6.45, 7) is 3.25. The number of thiophene rings is 1. The molecule has 1 aromatic rings. The number of nitrogens with two attached hydrogens (primary N) is 1. The van der Waals surface area contributed by atoms with Gasteiger partial charge >= 0.3 is 12.0 Å². The predicted octanol–water partition coefficient (Wildman–Crippen LogP) is 0.827. The number of urea groups is 1. The molecule has 1 rings (SSSR count). The smallest absolute Gasteiger partial charge is 0.331 e. The van der Waals surface area contributed by atoms with Gasteiger partial charge in [0, 0.05) is 16.8 Å². The van der Waals surface area contributed by atoms with E-state index in [1.807, 2.05) is 0 Å². The Morgan fingerprint density at radius 2 is 2.10 bits per heavy atom. The third kappa shape index (κ3) is 4.88. The second-order valence-corrected chi connectivity index (χ2v) is 5.89. The Morgan fingerprint density at radius 3 is 2.55 bits per heavy atom. The molecule has 0 bridgehead atoms. The first-order chi connectivity index (χ1) is 9.21. The quantitative estimate of drug-likeness (QED) is 0.621. The molecule has 1 heterocycles. The van der Waals surface area contributed by atoms with Crippen molar-refractivity contribution >= 4 is 29.2 Å². The molecule has 8 heteroatoms. The van der Waals surface area contributed by atoms with E-state index >= 15 is 0 Å². The summed E-state index contributed by atoms with van der Waals surface area (Å²) in [5, 5.41) is 15.7. The average molecular weight is 299 g/mol. The highest BCUT2D eigenvalue weighted by Gasteiger charge is 2.27. The molecule has 0 saturated carbocycles. The van der Waals surface area contributed by atoms with Crippen LogP contribution in [0.5, 0.6) is 0 Å². The minimum Gasteiger partial charge on any atom is -0.479 e. The molecule has 0 aliphatic heterocycles. The van der Waals surface area contributed by atoms with Crippen LogP contribution >= 0.6 is 11.3 Å². The van der Waals surface area contributed by atoms with E-state index < -0.39 is 29.5 Å². The molecule has 3 amide bonds. The molecule has 1 aromatic heterocycles. The maximum Gasteiger partial charge on any atom is 0.331 e. The molecule has 110 valence electrons. The van der Waals surface area contributed by atoms with E-state index in [0.29, 0.717) is 4.88 Å². The summed E-state index contributed by atoms with van der Waals surface area (Å²) in [7, 11) is 0. The van der Waals surface area contributed by atoms with Crippen LogP contribution < -0.4 is 16.4 Å². The summed E-state index contributed by atoms with van der Waals surface area (Å²) < 4.78 is 0. The van der Waals surface area contributed by atoms with Crippen LogP contribution in [0.3, 0.4) is 0 Å². The van der Waals surface area contributed by atoms with Gasteiger partial charge in [0.25, 0.3) is 0 Å². The van der Waals surface area contributed by atoms with Crippen molar-refractivity contribution in [1.29, 1.82) is 0 Å². The highest BCUT2D eigenvalue weighted by Crippen LogP contribution is 2.19. The fraction of sp³-hybridized carbons (Fsp3) is 0.417. The van der Waals surface area contributed by atoms with Gasteiger partial charge < -0.3 is 21.5 Å². The van der Waals surface area contributed by atoms with Crippen LogP contribution in [-0.2, 0) is 9.59 Å². The van der Waals surface area contributed by atoms with Gasteiger partial charge in [-0.1, -0.05) is 6.07 Å². The zero-order chi connectivity index (χ0) is 15.3. The van der Waals surface area contributed by atoms with E-state index in [0.717, 1.165) is 0 Å². The number of carbonyl (C=O) groups excluding carboxylic acids is 2. The van der Waals surface area contributed by atoms with Crippen molar-refractivity contribution in [1.82, 2.24) is 10.6 Å². The van der Waals surface area contributed by atoms with Gasteiger partial charge in [-0.15, -0.1) is 11.3 Å². The standard InChI is InChI=1S/C12H17N3O4S/c1-12(2,6-8(13)16)15-11(19)14-9(10(17)18)7-4-3-5-20-7/h3-5,9H,6H2,1-2H3,(H2,13,16)(H,17,18)(H2,14,15,19). The Hall–Kier alpha value is -2.09. The Balaban J connectivity index is 2.68. The third-order valence-electron chi connectivity index (χ3n) is 2.42. The molecule has 1 atom stereocenters. The van der Waals surface area contributed by atoms with Gasteiger partial charge in [0.2, 0.25) is 5.91 Å². The second kappa shape index (κ2) is 6.38. The number of carboxylic acids is 1. The van der Waals surface area contributed by atoms with E-state index in [-0.39, 0.29) is 6.42 Å². The molecule has 0 radical (unpaired) electrons. The number of nitrogens with one attached hydrogen (secondary N) is 2. The van der Waals surface area contributed by atoms with Crippen molar-refractivity contribution in [2.75, 3.05) is 0 Å². The van der Waals surface area contributed by atoms with Crippen molar-refractivity contribution in [3.8, 4) is 0 Å².